The third-order valence-electron chi connectivity index (χ3n) is 7.27. The van der Waals surface area contributed by atoms with E-state index in [1.165, 1.54) is 18.7 Å². The number of carbonyl (C=O) groups excluding carboxylic acids is 1. The fourth-order valence-electron chi connectivity index (χ4n) is 5.20. The molecule has 230 valence electrons. The van der Waals surface area contributed by atoms with Gasteiger partial charge in [0.1, 0.15) is 29.5 Å². The zero-order valence-corrected chi connectivity index (χ0v) is 24.1. The van der Waals surface area contributed by atoms with Crippen LogP contribution >= 0.6 is 0 Å². The van der Waals surface area contributed by atoms with E-state index >= 15 is 0 Å². The average molecular weight is 621 g/mol. The van der Waals surface area contributed by atoms with Gasteiger partial charge in [-0.1, -0.05) is 19.4 Å². The molecule has 2 aliphatic rings. The third-order valence-corrected chi connectivity index (χ3v) is 9.20. The Kier molecular flexibility index (Phi) is 9.08. The summed E-state index contributed by atoms with van der Waals surface area (Å²) in [5.74, 6) is -0.623. The number of piperazine rings is 1. The minimum Gasteiger partial charge on any atom is -0.406 e. The van der Waals surface area contributed by atoms with Crippen LogP contribution in [0.4, 0.5) is 19.0 Å². The monoisotopic (exact) mass is 620 g/mol. The molecule has 3 aromatic rings. The van der Waals surface area contributed by atoms with Gasteiger partial charge in [-0.25, -0.2) is 28.4 Å². The summed E-state index contributed by atoms with van der Waals surface area (Å²) in [6, 6.07) is 2.49. The fraction of sp³-hybridized carbons (Fsp3) is 0.444. The summed E-state index contributed by atoms with van der Waals surface area (Å²) in [5.41, 5.74) is 1.92. The molecule has 0 spiro atoms. The molecule has 1 amide bonds. The molecule has 1 fully saturated rings. The number of halogens is 3. The number of carbonyl (C=O) groups is 1. The molecule has 0 aliphatic carbocycles. The number of nitrogens with zero attached hydrogens (tertiary/aromatic N) is 6. The van der Waals surface area contributed by atoms with Crippen molar-refractivity contribution in [3.8, 4) is 5.75 Å². The quantitative estimate of drug-likeness (QED) is 0.343. The van der Waals surface area contributed by atoms with Gasteiger partial charge < -0.3 is 20.3 Å². The van der Waals surface area contributed by atoms with Crippen molar-refractivity contribution in [3.05, 3.63) is 54.6 Å². The zero-order chi connectivity index (χ0) is 30.6. The number of amides is 1. The number of sulfonamides is 1. The molecule has 16 heteroatoms. The van der Waals surface area contributed by atoms with Gasteiger partial charge in [-0.2, -0.15) is 4.31 Å². The summed E-state index contributed by atoms with van der Waals surface area (Å²) in [6.45, 7) is 3.52. The normalized spacial score (nSPS) is 19.1. The van der Waals surface area contributed by atoms with Crippen molar-refractivity contribution < 1.29 is 31.1 Å². The van der Waals surface area contributed by atoms with Crippen LogP contribution in [0.25, 0.3) is 11.2 Å². The Morgan fingerprint density at radius 2 is 1.98 bits per heavy atom. The second-order valence-electron chi connectivity index (χ2n) is 10.1. The van der Waals surface area contributed by atoms with Crippen molar-refractivity contribution in [2.75, 3.05) is 37.6 Å². The highest BCUT2D eigenvalue weighted by molar-refractivity contribution is 7.89. The van der Waals surface area contributed by atoms with E-state index in [1.54, 1.807) is 4.90 Å². The predicted octanol–water partition coefficient (Wildman–Crippen LogP) is 2.40. The summed E-state index contributed by atoms with van der Waals surface area (Å²) in [7, 11) is -4.30. The number of fused-ring (bicyclic) bond motifs is 1. The van der Waals surface area contributed by atoms with Crippen LogP contribution in [0, 0.1) is 0 Å². The first kappa shape index (κ1) is 30.6. The highest BCUT2D eigenvalue weighted by Gasteiger charge is 2.41. The average Bonchev–Trinajstić information content (AvgIpc) is 3.00. The molecule has 4 heterocycles. The van der Waals surface area contributed by atoms with Gasteiger partial charge in [0, 0.05) is 26.2 Å². The molecule has 1 saturated heterocycles. The number of alkyl halides is 3. The van der Waals surface area contributed by atoms with E-state index in [9.17, 15) is 26.4 Å². The number of hydrogen-bond acceptors (Lipinski definition) is 10. The lowest BCUT2D eigenvalue weighted by molar-refractivity contribution is -0.274. The van der Waals surface area contributed by atoms with Crippen LogP contribution in [0.15, 0.2) is 59.5 Å². The number of rotatable bonds is 9. The van der Waals surface area contributed by atoms with Gasteiger partial charge in [0.2, 0.25) is 15.9 Å². The highest BCUT2D eigenvalue weighted by Crippen LogP contribution is 2.28. The molecule has 2 aromatic heterocycles. The third kappa shape index (κ3) is 7.19. The lowest BCUT2D eigenvalue weighted by Gasteiger charge is -2.40. The van der Waals surface area contributed by atoms with Gasteiger partial charge in [-0.05, 0) is 49.2 Å². The van der Waals surface area contributed by atoms with Gasteiger partial charge in [0.25, 0.3) is 0 Å². The maximum Gasteiger partial charge on any atom is 0.573 e. The van der Waals surface area contributed by atoms with Gasteiger partial charge in [-0.15, -0.1) is 13.2 Å². The predicted molar refractivity (Wildman–Crippen MR) is 151 cm³/mol. The largest absolute Gasteiger partial charge is 0.573 e. The molecule has 5 rings (SSSR count). The summed E-state index contributed by atoms with van der Waals surface area (Å²) >= 11 is 0. The first-order valence-corrected chi connectivity index (χ1v) is 15.2. The van der Waals surface area contributed by atoms with Crippen LogP contribution in [-0.4, -0.2) is 89.7 Å². The van der Waals surface area contributed by atoms with Crippen LogP contribution < -0.4 is 20.3 Å². The molecule has 0 radical (unpaired) electrons. The molecular formula is C27H31F3N8O4S. The van der Waals surface area contributed by atoms with Crippen LogP contribution in [0.1, 0.15) is 26.2 Å². The molecule has 2 N–H and O–H groups in total. The second kappa shape index (κ2) is 12.8. The minimum absolute atomic E-state index is 0.0367. The SMILES string of the molecule is CCCC(NC(=O)[C@H]1CN(c2cnc3cncnc3n2)CCN1S(=O)(=O)c1ccc(OC(F)(F)F)cc1)C1=CCNCC1. The topological polar surface area (TPSA) is 143 Å². The molecular weight excluding hydrogens is 589 g/mol. The van der Waals surface area contributed by atoms with Crippen molar-refractivity contribution in [1.29, 1.82) is 0 Å². The van der Waals surface area contributed by atoms with Crippen molar-refractivity contribution in [2.24, 2.45) is 0 Å². The summed E-state index contributed by atoms with van der Waals surface area (Å²) in [6.07, 6.45) is 3.74. The molecule has 0 bridgehead atoms. The van der Waals surface area contributed by atoms with E-state index < -0.39 is 34.1 Å². The summed E-state index contributed by atoms with van der Waals surface area (Å²) < 4.78 is 70.6. The van der Waals surface area contributed by atoms with Crippen LogP contribution in [-0.2, 0) is 14.8 Å². The number of hydrogen-bond donors (Lipinski definition) is 2. The summed E-state index contributed by atoms with van der Waals surface area (Å²) in [4.78, 5) is 32.4. The molecule has 2 aliphatic heterocycles. The van der Waals surface area contributed by atoms with E-state index in [4.69, 9.17) is 0 Å². The van der Waals surface area contributed by atoms with Crippen LogP contribution in [0.5, 0.6) is 5.75 Å². The van der Waals surface area contributed by atoms with E-state index in [0.717, 1.165) is 53.5 Å². The van der Waals surface area contributed by atoms with E-state index in [0.29, 0.717) is 29.9 Å². The first-order valence-electron chi connectivity index (χ1n) is 13.8. The van der Waals surface area contributed by atoms with E-state index in [-0.39, 0.29) is 30.6 Å². The minimum atomic E-state index is -4.92. The number of ether oxygens (including phenoxy) is 1. The lowest BCUT2D eigenvalue weighted by atomic mass is 9.96. The van der Waals surface area contributed by atoms with Crippen molar-refractivity contribution in [2.45, 2.75) is 49.5 Å². The van der Waals surface area contributed by atoms with Crippen LogP contribution in [0.2, 0.25) is 0 Å². The Labute approximate surface area is 246 Å². The van der Waals surface area contributed by atoms with Crippen LogP contribution in [0.3, 0.4) is 0 Å². The number of anilines is 1. The van der Waals surface area contributed by atoms with Gasteiger partial charge in [0.15, 0.2) is 5.65 Å². The van der Waals surface area contributed by atoms with E-state index in [1.807, 2.05) is 13.0 Å². The Morgan fingerprint density at radius 1 is 1.19 bits per heavy atom. The zero-order valence-electron chi connectivity index (χ0n) is 23.3. The molecule has 1 aromatic carbocycles. The van der Waals surface area contributed by atoms with E-state index in [2.05, 4.69) is 35.3 Å². The number of aromatic nitrogens is 4. The second-order valence-corrected chi connectivity index (χ2v) is 12.0. The maximum atomic E-state index is 13.9. The Morgan fingerprint density at radius 3 is 2.67 bits per heavy atom. The molecule has 1 unspecified atom stereocenters. The van der Waals surface area contributed by atoms with Crippen molar-refractivity contribution in [1.82, 2.24) is 34.9 Å². The van der Waals surface area contributed by atoms with Gasteiger partial charge in [-0.3, -0.25) is 4.79 Å². The Bertz CT molecular complexity index is 1590. The first-order chi connectivity index (χ1) is 20.5. The lowest BCUT2D eigenvalue weighted by Crippen LogP contribution is -2.61. The highest BCUT2D eigenvalue weighted by atomic mass is 32.2. The maximum absolute atomic E-state index is 13.9. The van der Waals surface area contributed by atoms with Crippen molar-refractivity contribution >= 4 is 32.9 Å². The smallest absolute Gasteiger partial charge is 0.406 e. The molecule has 43 heavy (non-hydrogen) atoms. The Balaban J connectivity index is 1.45. The van der Waals surface area contributed by atoms with Gasteiger partial charge >= 0.3 is 6.36 Å². The number of nitrogens with one attached hydrogen (secondary N) is 2. The fourth-order valence-corrected chi connectivity index (χ4v) is 6.77. The van der Waals surface area contributed by atoms with Gasteiger partial charge in [0.05, 0.1) is 23.3 Å². The molecule has 12 nitrogen and oxygen atoms in total. The summed E-state index contributed by atoms with van der Waals surface area (Å²) in [5, 5.41) is 6.33. The number of benzene rings is 1. The molecule has 2 atom stereocenters. The Hall–Kier alpha value is -3.89. The van der Waals surface area contributed by atoms with Crippen molar-refractivity contribution in [3.63, 3.8) is 0 Å². The standard InChI is InChI=1S/C27H31F3N8O4S/c1-2-3-21(18-8-10-31-11-9-18)35-26(39)23-16-37(24-15-33-22-14-32-17-34-25(22)36-24)12-13-38(23)43(40,41)20-6-4-19(5-7-20)42-27(28,29)30/h4-8,14-15,17,21,23,31H,2-3,9-13,16H2,1H3,(H,35,39)/t21?,23-/m1/s1. The molecule has 0 saturated carbocycles.